The van der Waals surface area contributed by atoms with E-state index in [-0.39, 0.29) is 46.4 Å². The Kier molecular flexibility index (Phi) is 10.2. The summed E-state index contributed by atoms with van der Waals surface area (Å²) in [5.74, 6) is 0. The second kappa shape index (κ2) is 13.1. The van der Waals surface area contributed by atoms with Crippen molar-refractivity contribution in [2.24, 2.45) is 10.8 Å². The summed E-state index contributed by atoms with van der Waals surface area (Å²) in [5, 5.41) is 20.8. The van der Waals surface area contributed by atoms with Crippen molar-refractivity contribution < 1.29 is 19.7 Å². The van der Waals surface area contributed by atoms with E-state index >= 15 is 0 Å². The second-order valence-corrected chi connectivity index (χ2v) is 15.3. The van der Waals surface area contributed by atoms with Crippen LogP contribution in [0.3, 0.4) is 0 Å². The van der Waals surface area contributed by atoms with E-state index in [1.54, 1.807) is 0 Å². The largest absolute Gasteiger partial charge is 0.393 e. The Hall–Kier alpha value is -2.50. The topological polar surface area (TPSA) is 58.9 Å². The van der Waals surface area contributed by atoms with Crippen LogP contribution in [0, 0.1) is 10.8 Å². The molecule has 2 aliphatic carbocycles. The maximum Gasteiger partial charge on any atom is 0.0982 e. The second-order valence-electron chi connectivity index (χ2n) is 15.3. The van der Waals surface area contributed by atoms with Crippen molar-refractivity contribution in [2.75, 3.05) is 0 Å². The van der Waals surface area contributed by atoms with Crippen molar-refractivity contribution >= 4 is 0 Å². The van der Waals surface area contributed by atoms with E-state index < -0.39 is 0 Å². The fourth-order valence-corrected chi connectivity index (χ4v) is 7.92. The molecule has 2 saturated carbocycles. The molecule has 44 heavy (non-hydrogen) atoms. The van der Waals surface area contributed by atoms with E-state index in [9.17, 15) is 10.2 Å². The van der Waals surface area contributed by atoms with Gasteiger partial charge in [0, 0.05) is 12.8 Å². The standard InChI is InChI=1S/C40H56O4/c1-27(17-13-19-29(3)33-21-35-37(5,6)23-31(41)25-39(35,9)43-33)15-11-12-16-28(2)18-14-20-30(4)34-22-36-38(7,8)24-32(42)26-40(36,10)44-34/h11-22,31-34,41-42H,23-26H2,1-10H3/b12-11+,17-13-,18-14+,27-15+,28-16+,29-19-,30-20+/t31-,32+,33+,34-,39-,40-/m1/s1. The number of aliphatic hydroxyl groups is 2. The van der Waals surface area contributed by atoms with E-state index in [2.05, 4.69) is 142 Å². The third-order valence-electron chi connectivity index (χ3n) is 9.91. The third kappa shape index (κ3) is 7.83. The van der Waals surface area contributed by atoms with E-state index in [0.717, 1.165) is 24.0 Å². The van der Waals surface area contributed by atoms with Gasteiger partial charge in [0.25, 0.3) is 0 Å². The zero-order valence-corrected chi connectivity index (χ0v) is 28.8. The SMILES string of the molecule is C/C(=C/C=C\C(C)=C\C=C\C=C(C)\C=C\C=C(/C)[C@H]1C=C2C(C)(C)C[C@H](O)C[C@@]2(C)O1)[C@@H]1C=C2C(C)(C)C[C@@H](O)C[C@@]2(C)O1. The molecule has 240 valence electrons. The minimum Gasteiger partial charge on any atom is -0.393 e. The number of hydrogen-bond donors (Lipinski definition) is 2. The molecule has 0 unspecified atom stereocenters. The summed E-state index contributed by atoms with van der Waals surface area (Å²) in [6.45, 7) is 21.5. The molecule has 4 nitrogen and oxygen atoms in total. The number of hydrogen-bond acceptors (Lipinski definition) is 4. The van der Waals surface area contributed by atoms with Crippen molar-refractivity contribution in [3.05, 3.63) is 106 Å². The lowest BCUT2D eigenvalue weighted by molar-refractivity contribution is -0.0688. The highest BCUT2D eigenvalue weighted by atomic mass is 16.5. The summed E-state index contributed by atoms with van der Waals surface area (Å²) in [6, 6.07) is 0. The molecule has 0 spiro atoms. The van der Waals surface area contributed by atoms with Crippen LogP contribution < -0.4 is 0 Å². The Labute approximate surface area is 267 Å². The first kappa shape index (κ1) is 34.4. The molecule has 2 fully saturated rings. The molecule has 0 aromatic rings. The highest BCUT2D eigenvalue weighted by Crippen LogP contribution is 2.53. The molecule has 0 aromatic heterocycles. The molecule has 0 saturated heterocycles. The molecule has 4 aliphatic rings. The van der Waals surface area contributed by atoms with Crippen molar-refractivity contribution in [1.29, 1.82) is 0 Å². The van der Waals surface area contributed by atoms with Gasteiger partial charge in [-0.1, -0.05) is 99.6 Å². The molecule has 4 rings (SSSR count). The number of rotatable bonds is 8. The van der Waals surface area contributed by atoms with Crippen LogP contribution >= 0.6 is 0 Å². The quantitative estimate of drug-likeness (QED) is 0.216. The molecule has 0 amide bonds. The Morgan fingerprint density at radius 1 is 0.591 bits per heavy atom. The van der Waals surface area contributed by atoms with Gasteiger partial charge in [0.1, 0.15) is 0 Å². The normalized spacial score (nSPS) is 36.3. The smallest absolute Gasteiger partial charge is 0.0982 e. The fourth-order valence-electron chi connectivity index (χ4n) is 7.92. The van der Waals surface area contributed by atoms with Gasteiger partial charge in [0.15, 0.2) is 0 Å². The summed E-state index contributed by atoms with van der Waals surface area (Å²) in [7, 11) is 0. The van der Waals surface area contributed by atoms with Gasteiger partial charge in [0.05, 0.1) is 35.6 Å². The molecule has 0 radical (unpaired) electrons. The lowest BCUT2D eigenvalue weighted by atomic mass is 9.65. The number of aliphatic hydroxyl groups excluding tert-OH is 2. The Bertz CT molecular complexity index is 1270. The minimum absolute atomic E-state index is 0.0509. The molecular formula is C40H56O4. The van der Waals surface area contributed by atoms with Crippen LogP contribution in [0.15, 0.2) is 106 Å². The average Bonchev–Trinajstić information content (AvgIpc) is 3.43. The number of allylic oxidation sites excluding steroid dienone is 12. The Morgan fingerprint density at radius 2 is 0.955 bits per heavy atom. The molecule has 6 atom stereocenters. The van der Waals surface area contributed by atoms with Gasteiger partial charge in [-0.25, -0.2) is 0 Å². The summed E-state index contributed by atoms with van der Waals surface area (Å²) in [6.07, 6.45) is 27.7. The van der Waals surface area contributed by atoms with Crippen LogP contribution in [0.1, 0.15) is 94.9 Å². The molecular weight excluding hydrogens is 544 g/mol. The molecule has 2 N–H and O–H groups in total. The van der Waals surface area contributed by atoms with Gasteiger partial charge < -0.3 is 19.7 Å². The fraction of sp³-hybridized carbons (Fsp3) is 0.550. The number of ether oxygens (including phenoxy) is 2. The lowest BCUT2D eigenvalue weighted by Gasteiger charge is -2.44. The van der Waals surface area contributed by atoms with Crippen LogP contribution in [0.25, 0.3) is 0 Å². The van der Waals surface area contributed by atoms with E-state index in [4.69, 9.17) is 9.47 Å². The van der Waals surface area contributed by atoms with E-state index in [1.807, 2.05) is 0 Å². The Morgan fingerprint density at radius 3 is 1.32 bits per heavy atom. The highest BCUT2D eigenvalue weighted by Gasteiger charge is 2.51. The summed E-state index contributed by atoms with van der Waals surface area (Å²) in [5.41, 5.74) is 6.43. The van der Waals surface area contributed by atoms with Gasteiger partial charge in [-0.2, -0.15) is 0 Å². The van der Waals surface area contributed by atoms with Crippen molar-refractivity contribution in [3.63, 3.8) is 0 Å². The van der Waals surface area contributed by atoms with Gasteiger partial charge in [-0.3, -0.25) is 0 Å². The maximum absolute atomic E-state index is 10.4. The predicted molar refractivity (Wildman–Crippen MR) is 183 cm³/mol. The maximum atomic E-state index is 10.4. The molecule has 2 heterocycles. The minimum atomic E-state index is -0.386. The Balaban J connectivity index is 1.29. The van der Waals surface area contributed by atoms with Crippen LogP contribution in [0.5, 0.6) is 0 Å². The van der Waals surface area contributed by atoms with Gasteiger partial charge in [-0.15, -0.1) is 0 Å². The van der Waals surface area contributed by atoms with Gasteiger partial charge >= 0.3 is 0 Å². The number of fused-ring (bicyclic) bond motifs is 2. The lowest BCUT2D eigenvalue weighted by Crippen LogP contribution is -2.45. The molecule has 2 aliphatic heterocycles. The first-order valence-corrected chi connectivity index (χ1v) is 16.3. The van der Waals surface area contributed by atoms with Crippen molar-refractivity contribution in [3.8, 4) is 0 Å². The van der Waals surface area contributed by atoms with E-state index in [1.165, 1.54) is 22.3 Å². The first-order valence-electron chi connectivity index (χ1n) is 16.3. The first-order chi connectivity index (χ1) is 20.4. The average molecular weight is 601 g/mol. The molecule has 0 bridgehead atoms. The predicted octanol–water partition coefficient (Wildman–Crippen LogP) is 8.97. The monoisotopic (exact) mass is 600 g/mol. The van der Waals surface area contributed by atoms with Gasteiger partial charge in [-0.05, 0) is 99.7 Å². The highest BCUT2D eigenvalue weighted by molar-refractivity contribution is 5.39. The zero-order chi connectivity index (χ0) is 32.5. The van der Waals surface area contributed by atoms with Gasteiger partial charge in [0.2, 0.25) is 0 Å². The summed E-state index contributed by atoms with van der Waals surface area (Å²) >= 11 is 0. The van der Waals surface area contributed by atoms with Crippen LogP contribution in [-0.4, -0.2) is 45.8 Å². The molecule has 4 heteroatoms. The molecule has 0 aromatic carbocycles. The van der Waals surface area contributed by atoms with Crippen LogP contribution in [0.2, 0.25) is 0 Å². The zero-order valence-electron chi connectivity index (χ0n) is 28.8. The third-order valence-corrected chi connectivity index (χ3v) is 9.91. The van der Waals surface area contributed by atoms with Crippen molar-refractivity contribution in [2.45, 2.75) is 131 Å². The van der Waals surface area contributed by atoms with Crippen LogP contribution in [-0.2, 0) is 9.47 Å². The summed E-state index contributed by atoms with van der Waals surface area (Å²) < 4.78 is 12.9. The van der Waals surface area contributed by atoms with E-state index in [0.29, 0.717) is 12.8 Å². The summed E-state index contributed by atoms with van der Waals surface area (Å²) in [4.78, 5) is 0. The van der Waals surface area contributed by atoms with Crippen LogP contribution in [0.4, 0.5) is 0 Å². The van der Waals surface area contributed by atoms with Crippen molar-refractivity contribution in [1.82, 2.24) is 0 Å².